The van der Waals surface area contributed by atoms with Crippen molar-refractivity contribution in [3.63, 3.8) is 0 Å². The van der Waals surface area contributed by atoms with Crippen LogP contribution in [0.2, 0.25) is 0 Å². The molecular formula is C39H26INO3. The van der Waals surface area contributed by atoms with Crippen LogP contribution in [0, 0.1) is 15.4 Å². The van der Waals surface area contributed by atoms with Crippen LogP contribution in [0.1, 0.15) is 22.3 Å². The van der Waals surface area contributed by atoms with Gasteiger partial charge < -0.3 is 0 Å². The van der Waals surface area contributed by atoms with E-state index in [1.54, 1.807) is 0 Å². The Balaban J connectivity index is 1.55. The van der Waals surface area contributed by atoms with Gasteiger partial charge in [0.1, 0.15) is 0 Å². The molecular weight excluding hydrogens is 657 g/mol. The lowest BCUT2D eigenvalue weighted by Crippen LogP contribution is -2.45. The van der Waals surface area contributed by atoms with Gasteiger partial charge in [0.15, 0.2) is 5.78 Å². The first kappa shape index (κ1) is 27.0. The minimum atomic E-state index is -1.39. The highest BCUT2D eigenvalue weighted by Crippen LogP contribution is 2.74. The van der Waals surface area contributed by atoms with Gasteiger partial charge in [-0.3, -0.25) is 14.4 Å². The number of allylic oxidation sites excluding steroid dienone is 2. The molecule has 1 saturated heterocycles. The summed E-state index contributed by atoms with van der Waals surface area (Å²) in [6.07, 6.45) is 0. The minimum Gasteiger partial charge on any atom is -0.297 e. The Morgan fingerprint density at radius 2 is 0.841 bits per heavy atom. The maximum absolute atomic E-state index is 15.8. The van der Waals surface area contributed by atoms with Gasteiger partial charge in [0.2, 0.25) is 11.8 Å². The first-order chi connectivity index (χ1) is 21.5. The van der Waals surface area contributed by atoms with Crippen LogP contribution < -0.4 is 4.90 Å². The molecule has 5 aromatic carbocycles. The molecule has 2 amide bonds. The SMILES string of the molecule is O=C1[C@@H]2[C@@H](C(=O)N1c1ccc(I)cc1)[C@@]1(c3ccccc3)C(=O)[C@@]2(c2ccccc2)C(c2ccccc2)=C1c1ccccc1. The molecule has 0 unspecified atom stereocenters. The van der Waals surface area contributed by atoms with E-state index >= 15 is 4.79 Å². The van der Waals surface area contributed by atoms with E-state index in [0.717, 1.165) is 37.0 Å². The summed E-state index contributed by atoms with van der Waals surface area (Å²) in [7, 11) is 0. The van der Waals surface area contributed by atoms with Crippen LogP contribution in [-0.2, 0) is 25.2 Å². The fraction of sp³-hybridized carbons (Fsp3) is 0.103. The predicted molar refractivity (Wildman–Crippen MR) is 180 cm³/mol. The summed E-state index contributed by atoms with van der Waals surface area (Å²) in [5.41, 5.74) is 2.54. The van der Waals surface area contributed by atoms with Crippen molar-refractivity contribution in [2.24, 2.45) is 11.8 Å². The molecule has 5 heteroatoms. The summed E-state index contributed by atoms with van der Waals surface area (Å²) < 4.78 is 1.00. The van der Waals surface area contributed by atoms with E-state index in [0.29, 0.717) is 5.69 Å². The molecule has 2 aliphatic carbocycles. The monoisotopic (exact) mass is 683 g/mol. The molecule has 4 nitrogen and oxygen atoms in total. The lowest BCUT2D eigenvalue weighted by Gasteiger charge is -2.39. The number of rotatable bonds is 5. The van der Waals surface area contributed by atoms with Crippen LogP contribution in [0.5, 0.6) is 0 Å². The molecule has 8 rings (SSSR count). The Hall–Kier alpha value is -4.62. The molecule has 1 saturated carbocycles. The molecule has 0 aromatic heterocycles. The average Bonchev–Trinajstić information content (AvgIpc) is 3.59. The second-order valence-electron chi connectivity index (χ2n) is 11.6. The molecule has 0 N–H and O–H groups in total. The maximum atomic E-state index is 15.8. The number of amides is 2. The standard InChI is InChI=1S/C39H26INO3/c40-29-21-23-30(24-22-29)41-35(42)33-34(36(41)43)39(28-19-11-4-12-20-28)32(26-15-7-2-8-16-26)31(25-13-5-1-6-14-25)38(33,37(39)44)27-17-9-3-10-18-27/h1-24,33-34H/t33-,34-,38-,39-/m0/s1. The van der Waals surface area contributed by atoms with Crippen molar-refractivity contribution < 1.29 is 14.4 Å². The predicted octanol–water partition coefficient (Wildman–Crippen LogP) is 7.48. The molecule has 2 bridgehead atoms. The van der Waals surface area contributed by atoms with Crippen LogP contribution in [0.25, 0.3) is 11.1 Å². The average molecular weight is 684 g/mol. The van der Waals surface area contributed by atoms with Gasteiger partial charge in [0.05, 0.1) is 28.4 Å². The van der Waals surface area contributed by atoms with E-state index in [2.05, 4.69) is 22.6 Å². The fourth-order valence-electron chi connectivity index (χ4n) is 8.18. The van der Waals surface area contributed by atoms with Crippen LogP contribution in [-0.4, -0.2) is 17.6 Å². The number of Topliss-reactive ketones (excluding diaryl/α,β-unsaturated/α-hetero) is 1. The minimum absolute atomic E-state index is 0.112. The van der Waals surface area contributed by atoms with Gasteiger partial charge in [-0.05, 0) is 80.3 Å². The van der Waals surface area contributed by atoms with E-state index in [9.17, 15) is 9.59 Å². The largest absolute Gasteiger partial charge is 0.297 e. The Kier molecular flexibility index (Phi) is 6.10. The van der Waals surface area contributed by atoms with Gasteiger partial charge >= 0.3 is 0 Å². The maximum Gasteiger partial charge on any atom is 0.239 e. The van der Waals surface area contributed by atoms with Crippen LogP contribution in [0.3, 0.4) is 0 Å². The molecule has 3 aliphatic rings. The fourth-order valence-corrected chi connectivity index (χ4v) is 8.54. The van der Waals surface area contributed by atoms with Crippen molar-refractivity contribution in [3.8, 4) is 0 Å². The zero-order chi connectivity index (χ0) is 30.1. The summed E-state index contributed by atoms with van der Waals surface area (Å²) >= 11 is 2.21. The topological polar surface area (TPSA) is 54.5 Å². The number of nitrogens with zero attached hydrogens (tertiary/aromatic N) is 1. The summed E-state index contributed by atoms with van der Waals surface area (Å²) in [5, 5.41) is 0. The third kappa shape index (κ3) is 3.36. The van der Waals surface area contributed by atoms with Crippen molar-refractivity contribution in [1.82, 2.24) is 0 Å². The first-order valence-electron chi connectivity index (χ1n) is 14.7. The van der Waals surface area contributed by atoms with Gasteiger partial charge in [-0.15, -0.1) is 0 Å². The molecule has 0 radical (unpaired) electrons. The van der Waals surface area contributed by atoms with Crippen molar-refractivity contribution >= 4 is 57.0 Å². The van der Waals surface area contributed by atoms with Gasteiger partial charge in [-0.1, -0.05) is 121 Å². The number of hydrogen-bond donors (Lipinski definition) is 0. The number of fused-ring (bicyclic) bond motifs is 5. The van der Waals surface area contributed by atoms with Gasteiger partial charge in [-0.2, -0.15) is 0 Å². The Morgan fingerprint density at radius 1 is 0.477 bits per heavy atom. The number of anilines is 1. The van der Waals surface area contributed by atoms with Crippen molar-refractivity contribution in [3.05, 3.63) is 171 Å². The number of carbonyl (C=O) groups excluding carboxylic acids is 3. The molecule has 4 atom stereocenters. The highest BCUT2D eigenvalue weighted by atomic mass is 127. The zero-order valence-corrected chi connectivity index (χ0v) is 25.7. The van der Waals surface area contributed by atoms with Crippen LogP contribution in [0.4, 0.5) is 5.69 Å². The van der Waals surface area contributed by atoms with E-state index in [-0.39, 0.29) is 17.6 Å². The van der Waals surface area contributed by atoms with Gasteiger partial charge in [0, 0.05) is 3.57 Å². The Labute approximate surface area is 269 Å². The van der Waals surface area contributed by atoms with Crippen molar-refractivity contribution in [2.45, 2.75) is 10.8 Å². The molecule has 0 spiro atoms. The third-order valence-electron chi connectivity index (χ3n) is 9.66. The Morgan fingerprint density at radius 3 is 1.23 bits per heavy atom. The second kappa shape index (κ2) is 9.96. The lowest BCUT2D eigenvalue weighted by molar-refractivity contribution is -0.130. The summed E-state index contributed by atoms with van der Waals surface area (Å²) in [4.78, 5) is 47.0. The molecule has 1 aliphatic heterocycles. The van der Waals surface area contributed by atoms with E-state index < -0.39 is 22.7 Å². The second-order valence-corrected chi connectivity index (χ2v) is 12.8. The summed E-state index contributed by atoms with van der Waals surface area (Å²) in [6.45, 7) is 0. The number of ketones is 1. The molecule has 44 heavy (non-hydrogen) atoms. The Bertz CT molecular complexity index is 1850. The van der Waals surface area contributed by atoms with Gasteiger partial charge in [0.25, 0.3) is 0 Å². The molecule has 1 heterocycles. The van der Waals surface area contributed by atoms with E-state index in [1.165, 1.54) is 4.90 Å². The molecule has 5 aromatic rings. The number of hydrogen-bond acceptors (Lipinski definition) is 3. The highest BCUT2D eigenvalue weighted by Gasteiger charge is 2.82. The quantitative estimate of drug-likeness (QED) is 0.143. The number of benzene rings is 5. The molecule has 2 fully saturated rings. The van der Waals surface area contributed by atoms with E-state index in [4.69, 9.17) is 0 Å². The summed E-state index contributed by atoms with van der Waals surface area (Å²) in [5.74, 6) is -2.63. The van der Waals surface area contributed by atoms with Crippen LogP contribution in [0.15, 0.2) is 146 Å². The third-order valence-corrected chi connectivity index (χ3v) is 10.4. The van der Waals surface area contributed by atoms with Crippen molar-refractivity contribution in [2.75, 3.05) is 4.90 Å². The smallest absolute Gasteiger partial charge is 0.239 e. The van der Waals surface area contributed by atoms with Crippen molar-refractivity contribution in [1.29, 1.82) is 0 Å². The zero-order valence-electron chi connectivity index (χ0n) is 23.6. The van der Waals surface area contributed by atoms with E-state index in [1.807, 2.05) is 146 Å². The lowest BCUT2D eigenvalue weighted by atomic mass is 9.59. The van der Waals surface area contributed by atoms with Gasteiger partial charge in [-0.25, -0.2) is 4.90 Å². The number of carbonyl (C=O) groups is 3. The summed E-state index contributed by atoms with van der Waals surface area (Å²) in [6, 6.07) is 46.5. The normalized spacial score (nSPS) is 25.6. The highest BCUT2D eigenvalue weighted by molar-refractivity contribution is 14.1. The van der Waals surface area contributed by atoms with Crippen LogP contribution >= 0.6 is 22.6 Å². The first-order valence-corrected chi connectivity index (χ1v) is 15.8. The number of halogens is 1. The molecule has 212 valence electrons. The number of imide groups is 1.